The lowest BCUT2D eigenvalue weighted by Crippen LogP contribution is -2.42. The SMILES string of the molecule is CCN1CN(C(=O)NCC2CCN(C)c3ccccc32)CC1=O. The van der Waals surface area contributed by atoms with Crippen molar-refractivity contribution >= 4 is 17.6 Å². The van der Waals surface area contributed by atoms with Gasteiger partial charge in [0.05, 0.1) is 6.67 Å². The van der Waals surface area contributed by atoms with E-state index in [4.69, 9.17) is 0 Å². The number of nitrogens with zero attached hydrogens (tertiary/aromatic N) is 3. The van der Waals surface area contributed by atoms with Crippen LogP contribution in [-0.4, -0.2) is 61.6 Å². The fraction of sp³-hybridized carbons (Fsp3) is 0.529. The predicted molar refractivity (Wildman–Crippen MR) is 89.4 cm³/mol. The molecule has 1 aromatic rings. The van der Waals surface area contributed by atoms with E-state index in [0.717, 1.165) is 13.0 Å². The van der Waals surface area contributed by atoms with Gasteiger partial charge in [-0.3, -0.25) is 9.69 Å². The van der Waals surface area contributed by atoms with E-state index in [2.05, 4.69) is 29.4 Å². The van der Waals surface area contributed by atoms with Crippen LogP contribution in [0.2, 0.25) is 0 Å². The van der Waals surface area contributed by atoms with Crippen LogP contribution in [0.15, 0.2) is 24.3 Å². The summed E-state index contributed by atoms with van der Waals surface area (Å²) in [5.41, 5.74) is 2.53. The highest BCUT2D eigenvalue weighted by molar-refractivity contribution is 5.87. The number of carbonyl (C=O) groups is 2. The number of hydrogen-bond donors (Lipinski definition) is 1. The van der Waals surface area contributed by atoms with Gasteiger partial charge in [0.2, 0.25) is 5.91 Å². The molecule has 1 fully saturated rings. The Morgan fingerprint density at radius 1 is 1.35 bits per heavy atom. The summed E-state index contributed by atoms with van der Waals surface area (Å²) in [6.45, 7) is 4.75. The number of likely N-dealkylation sites (N-methyl/N-ethyl adjacent to an activating group) is 1. The van der Waals surface area contributed by atoms with Gasteiger partial charge in [0.15, 0.2) is 0 Å². The van der Waals surface area contributed by atoms with Crippen LogP contribution in [-0.2, 0) is 4.79 Å². The molecule has 0 aliphatic carbocycles. The minimum Gasteiger partial charge on any atom is -0.374 e. The zero-order chi connectivity index (χ0) is 16.4. The van der Waals surface area contributed by atoms with E-state index in [1.807, 2.05) is 19.1 Å². The van der Waals surface area contributed by atoms with Gasteiger partial charge >= 0.3 is 6.03 Å². The highest BCUT2D eigenvalue weighted by Crippen LogP contribution is 2.33. The Morgan fingerprint density at radius 3 is 2.87 bits per heavy atom. The smallest absolute Gasteiger partial charge is 0.319 e. The molecule has 1 unspecified atom stereocenters. The van der Waals surface area contributed by atoms with Gasteiger partial charge in [0, 0.05) is 38.3 Å². The molecule has 6 heteroatoms. The van der Waals surface area contributed by atoms with Crippen molar-refractivity contribution in [3.63, 3.8) is 0 Å². The minimum atomic E-state index is -0.147. The molecule has 1 saturated heterocycles. The molecule has 124 valence electrons. The third kappa shape index (κ3) is 3.11. The standard InChI is InChI=1S/C17H24N4O2/c1-3-20-12-21(11-16(20)22)17(23)18-10-13-8-9-19(2)15-7-5-4-6-14(13)15/h4-7,13H,3,8-12H2,1-2H3,(H,18,23). The maximum Gasteiger partial charge on any atom is 0.319 e. The minimum absolute atomic E-state index is 0.0206. The number of urea groups is 1. The molecule has 0 saturated carbocycles. The van der Waals surface area contributed by atoms with Gasteiger partial charge in [0.1, 0.15) is 6.54 Å². The number of para-hydroxylation sites is 1. The largest absolute Gasteiger partial charge is 0.374 e. The maximum atomic E-state index is 12.3. The lowest BCUT2D eigenvalue weighted by molar-refractivity contribution is -0.126. The zero-order valence-corrected chi connectivity index (χ0v) is 13.8. The van der Waals surface area contributed by atoms with Gasteiger partial charge in [-0.25, -0.2) is 4.79 Å². The highest BCUT2D eigenvalue weighted by Gasteiger charge is 2.30. The van der Waals surface area contributed by atoms with Crippen molar-refractivity contribution in [1.29, 1.82) is 0 Å². The van der Waals surface area contributed by atoms with Crippen molar-refractivity contribution in [1.82, 2.24) is 15.1 Å². The third-order valence-electron chi connectivity index (χ3n) is 4.79. The second-order valence-corrected chi connectivity index (χ2v) is 6.24. The Kier molecular flexibility index (Phi) is 4.41. The monoisotopic (exact) mass is 316 g/mol. The van der Waals surface area contributed by atoms with Crippen molar-refractivity contribution in [3.8, 4) is 0 Å². The average Bonchev–Trinajstić information content (AvgIpc) is 2.95. The molecule has 1 atom stereocenters. The summed E-state index contributed by atoms with van der Waals surface area (Å²) < 4.78 is 0. The van der Waals surface area contributed by atoms with E-state index in [1.54, 1.807) is 9.80 Å². The number of rotatable bonds is 3. The first-order valence-corrected chi connectivity index (χ1v) is 8.20. The first kappa shape index (κ1) is 15.6. The first-order chi connectivity index (χ1) is 11.1. The van der Waals surface area contributed by atoms with Crippen LogP contribution >= 0.6 is 0 Å². The number of fused-ring (bicyclic) bond motifs is 1. The second-order valence-electron chi connectivity index (χ2n) is 6.24. The van der Waals surface area contributed by atoms with Crippen molar-refractivity contribution in [2.24, 2.45) is 0 Å². The van der Waals surface area contributed by atoms with Gasteiger partial charge in [-0.2, -0.15) is 0 Å². The van der Waals surface area contributed by atoms with Gasteiger partial charge in [0.25, 0.3) is 0 Å². The summed E-state index contributed by atoms with van der Waals surface area (Å²) in [5, 5.41) is 3.00. The van der Waals surface area contributed by atoms with E-state index < -0.39 is 0 Å². The van der Waals surface area contributed by atoms with Crippen LogP contribution in [0.4, 0.5) is 10.5 Å². The van der Waals surface area contributed by atoms with E-state index in [9.17, 15) is 9.59 Å². The molecule has 6 nitrogen and oxygen atoms in total. The Balaban J connectivity index is 1.60. The van der Waals surface area contributed by atoms with Gasteiger partial charge < -0.3 is 15.1 Å². The number of nitrogens with one attached hydrogen (secondary N) is 1. The summed E-state index contributed by atoms with van der Waals surface area (Å²) in [7, 11) is 2.10. The number of benzene rings is 1. The summed E-state index contributed by atoms with van der Waals surface area (Å²) in [6.07, 6.45) is 1.02. The summed E-state index contributed by atoms with van der Waals surface area (Å²) in [6, 6.07) is 8.21. The molecule has 0 bridgehead atoms. The van der Waals surface area contributed by atoms with Gasteiger partial charge in [-0.1, -0.05) is 18.2 Å². The molecule has 0 radical (unpaired) electrons. The van der Waals surface area contributed by atoms with E-state index >= 15 is 0 Å². The van der Waals surface area contributed by atoms with E-state index in [-0.39, 0.29) is 18.5 Å². The number of carbonyl (C=O) groups excluding carboxylic acids is 2. The topological polar surface area (TPSA) is 55.9 Å². The maximum absolute atomic E-state index is 12.3. The van der Waals surface area contributed by atoms with Crippen LogP contribution in [0, 0.1) is 0 Å². The summed E-state index contributed by atoms with van der Waals surface area (Å²) in [4.78, 5) is 29.5. The van der Waals surface area contributed by atoms with E-state index in [0.29, 0.717) is 25.7 Å². The molecule has 0 spiro atoms. The Bertz CT molecular complexity index is 604. The molecule has 0 aromatic heterocycles. The number of hydrogen-bond acceptors (Lipinski definition) is 3. The molecule has 2 aliphatic heterocycles. The fourth-order valence-electron chi connectivity index (χ4n) is 3.35. The molecule has 3 amide bonds. The summed E-state index contributed by atoms with van der Waals surface area (Å²) in [5.74, 6) is 0.346. The molecule has 1 N–H and O–H groups in total. The molecule has 3 rings (SSSR count). The Labute approximate surface area is 137 Å². The quantitative estimate of drug-likeness (QED) is 0.918. The van der Waals surface area contributed by atoms with Crippen molar-refractivity contribution in [2.45, 2.75) is 19.3 Å². The Hall–Kier alpha value is -2.24. The lowest BCUT2D eigenvalue weighted by atomic mass is 9.90. The van der Waals surface area contributed by atoms with Crippen LogP contribution < -0.4 is 10.2 Å². The van der Waals surface area contributed by atoms with Crippen LogP contribution in [0.3, 0.4) is 0 Å². The summed E-state index contributed by atoms with van der Waals surface area (Å²) >= 11 is 0. The average molecular weight is 316 g/mol. The lowest BCUT2D eigenvalue weighted by Gasteiger charge is -2.33. The van der Waals surface area contributed by atoms with E-state index in [1.165, 1.54) is 11.3 Å². The van der Waals surface area contributed by atoms with Crippen LogP contribution in [0.1, 0.15) is 24.8 Å². The first-order valence-electron chi connectivity index (χ1n) is 8.20. The van der Waals surface area contributed by atoms with Gasteiger partial charge in [-0.05, 0) is 25.0 Å². The third-order valence-corrected chi connectivity index (χ3v) is 4.79. The normalized spacial score (nSPS) is 20.7. The molecular weight excluding hydrogens is 292 g/mol. The van der Waals surface area contributed by atoms with Gasteiger partial charge in [-0.15, -0.1) is 0 Å². The predicted octanol–water partition coefficient (Wildman–Crippen LogP) is 1.44. The van der Waals surface area contributed by atoms with Crippen molar-refractivity contribution in [2.75, 3.05) is 44.8 Å². The number of amides is 3. The molecule has 23 heavy (non-hydrogen) atoms. The number of anilines is 1. The molecule has 2 aliphatic rings. The van der Waals surface area contributed by atoms with Crippen LogP contribution in [0.5, 0.6) is 0 Å². The van der Waals surface area contributed by atoms with Crippen molar-refractivity contribution in [3.05, 3.63) is 29.8 Å². The fourth-order valence-corrected chi connectivity index (χ4v) is 3.35. The Morgan fingerprint density at radius 2 is 2.13 bits per heavy atom. The molecular formula is C17H24N4O2. The molecule has 1 aromatic carbocycles. The zero-order valence-electron chi connectivity index (χ0n) is 13.8. The molecule has 2 heterocycles. The highest BCUT2D eigenvalue weighted by atomic mass is 16.2. The van der Waals surface area contributed by atoms with Crippen molar-refractivity contribution < 1.29 is 9.59 Å². The van der Waals surface area contributed by atoms with Crippen LogP contribution in [0.25, 0.3) is 0 Å². The second kappa shape index (κ2) is 6.48.